The molecule has 2 aromatic rings. The van der Waals surface area contributed by atoms with E-state index in [9.17, 15) is 9.18 Å². The summed E-state index contributed by atoms with van der Waals surface area (Å²) in [5.41, 5.74) is 1.84. The van der Waals surface area contributed by atoms with Gasteiger partial charge in [-0.1, -0.05) is 18.2 Å². The van der Waals surface area contributed by atoms with Gasteiger partial charge in [-0.2, -0.15) is 0 Å². The van der Waals surface area contributed by atoms with Gasteiger partial charge in [-0.25, -0.2) is 9.37 Å². The molecule has 1 saturated heterocycles. The van der Waals surface area contributed by atoms with Crippen LogP contribution in [0.5, 0.6) is 0 Å². The Hall–Kier alpha value is -2.34. The van der Waals surface area contributed by atoms with E-state index in [0.29, 0.717) is 17.8 Å². The summed E-state index contributed by atoms with van der Waals surface area (Å²) in [4.78, 5) is 24.9. The lowest BCUT2D eigenvalue weighted by Gasteiger charge is -2.37. The summed E-state index contributed by atoms with van der Waals surface area (Å²) in [5.74, 6) is -0.297. The molecule has 1 amide bonds. The first-order valence-corrected chi connectivity index (χ1v) is 8.56. The fraction of sp³-hybridized carbons (Fsp3) is 0.421. The average Bonchev–Trinajstić information content (AvgIpc) is 2.63. The smallest absolute Gasteiger partial charge is 0.274 e. The van der Waals surface area contributed by atoms with Crippen LogP contribution in [-0.2, 0) is 6.54 Å². The second kappa shape index (κ2) is 7.70. The molecule has 25 heavy (non-hydrogen) atoms. The maximum absolute atomic E-state index is 13.9. The van der Waals surface area contributed by atoms with E-state index in [1.165, 1.54) is 12.3 Å². The van der Waals surface area contributed by atoms with Crippen LogP contribution < -0.4 is 0 Å². The van der Waals surface area contributed by atoms with Gasteiger partial charge in [0.25, 0.3) is 5.91 Å². The lowest BCUT2D eigenvalue weighted by Crippen LogP contribution is -2.48. The Kier molecular flexibility index (Phi) is 5.38. The number of carbonyl (C=O) groups is 1. The molecule has 0 radical (unpaired) electrons. The van der Waals surface area contributed by atoms with Crippen molar-refractivity contribution in [1.29, 1.82) is 0 Å². The number of rotatable bonds is 4. The number of nitrogens with zero attached hydrogens (tertiary/aromatic N) is 4. The lowest BCUT2D eigenvalue weighted by molar-refractivity contribution is 0.0602. The van der Waals surface area contributed by atoms with E-state index in [4.69, 9.17) is 0 Å². The highest BCUT2D eigenvalue weighted by Crippen LogP contribution is 2.19. The Morgan fingerprint density at radius 1 is 1.32 bits per heavy atom. The third kappa shape index (κ3) is 4.20. The lowest BCUT2D eigenvalue weighted by atomic mass is 10.0. The molecular weight excluding hydrogens is 319 g/mol. The highest BCUT2D eigenvalue weighted by molar-refractivity contribution is 5.92. The number of hydrogen-bond acceptors (Lipinski definition) is 4. The molecule has 0 N–H and O–H groups in total. The van der Waals surface area contributed by atoms with Gasteiger partial charge in [0, 0.05) is 37.9 Å². The number of carbonyl (C=O) groups excluding carboxylic acids is 1. The number of amides is 1. The van der Waals surface area contributed by atoms with Crippen LogP contribution in [0.3, 0.4) is 0 Å². The molecular formula is C19H23FN4O. The third-order valence-electron chi connectivity index (χ3n) is 4.70. The minimum Gasteiger partial charge on any atom is -0.336 e. The Bertz CT molecular complexity index is 734. The summed E-state index contributed by atoms with van der Waals surface area (Å²) < 4.78 is 13.9. The topological polar surface area (TPSA) is 49.3 Å². The predicted octanol–water partition coefficient (Wildman–Crippen LogP) is 2.66. The molecule has 1 aromatic carbocycles. The van der Waals surface area contributed by atoms with Crippen LogP contribution in [0.25, 0.3) is 0 Å². The maximum atomic E-state index is 13.9. The minimum atomic E-state index is -0.177. The molecule has 2 heterocycles. The molecule has 1 aromatic heterocycles. The number of hydrogen-bond donors (Lipinski definition) is 0. The number of aryl methyl sites for hydroxylation is 1. The van der Waals surface area contributed by atoms with Gasteiger partial charge in [0.05, 0.1) is 11.9 Å². The van der Waals surface area contributed by atoms with E-state index in [0.717, 1.165) is 31.6 Å². The molecule has 132 valence electrons. The fourth-order valence-corrected chi connectivity index (χ4v) is 3.21. The molecule has 0 spiro atoms. The van der Waals surface area contributed by atoms with Crippen molar-refractivity contribution in [3.05, 3.63) is 59.4 Å². The van der Waals surface area contributed by atoms with Crippen LogP contribution in [0, 0.1) is 12.7 Å². The largest absolute Gasteiger partial charge is 0.336 e. The zero-order chi connectivity index (χ0) is 17.8. The molecule has 1 aliphatic rings. The number of piperidine rings is 1. The van der Waals surface area contributed by atoms with Gasteiger partial charge in [-0.15, -0.1) is 0 Å². The quantitative estimate of drug-likeness (QED) is 0.857. The SMILES string of the molecule is Cc1cnc(C(=O)N(C)[C@H]2CCCN(Cc3ccccc3F)C2)cn1. The second-order valence-electron chi connectivity index (χ2n) is 6.58. The Morgan fingerprint density at radius 2 is 2.12 bits per heavy atom. The van der Waals surface area contributed by atoms with Gasteiger partial charge >= 0.3 is 0 Å². The summed E-state index contributed by atoms with van der Waals surface area (Å²) in [6.45, 7) is 4.05. The van der Waals surface area contributed by atoms with Crippen molar-refractivity contribution in [3.8, 4) is 0 Å². The molecule has 6 heteroatoms. The maximum Gasteiger partial charge on any atom is 0.274 e. The molecule has 1 atom stereocenters. The number of benzene rings is 1. The Morgan fingerprint density at radius 3 is 2.84 bits per heavy atom. The minimum absolute atomic E-state index is 0.0936. The van der Waals surface area contributed by atoms with Crippen molar-refractivity contribution in [2.45, 2.75) is 32.4 Å². The Labute approximate surface area is 147 Å². The number of likely N-dealkylation sites (tertiary alicyclic amines) is 1. The normalized spacial score (nSPS) is 18.1. The molecule has 1 aliphatic heterocycles. The van der Waals surface area contributed by atoms with Gasteiger partial charge in [-0.05, 0) is 32.4 Å². The Balaban J connectivity index is 1.65. The van der Waals surface area contributed by atoms with Crippen LogP contribution in [0.1, 0.15) is 34.6 Å². The van der Waals surface area contributed by atoms with Crippen LogP contribution in [-0.4, -0.2) is 51.9 Å². The standard InChI is InChI=1S/C19H23FN4O/c1-14-10-22-18(11-21-14)19(25)23(2)16-7-5-9-24(13-16)12-15-6-3-4-8-17(15)20/h3-4,6,8,10-11,16H,5,7,9,12-13H2,1-2H3/t16-/m0/s1. The van der Waals surface area contributed by atoms with Crippen molar-refractivity contribution in [3.63, 3.8) is 0 Å². The van der Waals surface area contributed by atoms with E-state index < -0.39 is 0 Å². The molecule has 3 rings (SSSR count). The molecule has 0 unspecified atom stereocenters. The molecule has 0 bridgehead atoms. The first kappa shape index (κ1) is 17.5. The van der Waals surface area contributed by atoms with E-state index in [-0.39, 0.29) is 17.8 Å². The summed E-state index contributed by atoms with van der Waals surface area (Å²) in [6.07, 6.45) is 5.05. The monoisotopic (exact) mass is 342 g/mol. The van der Waals surface area contributed by atoms with E-state index in [2.05, 4.69) is 14.9 Å². The van der Waals surface area contributed by atoms with Gasteiger partial charge in [0.15, 0.2) is 0 Å². The number of aromatic nitrogens is 2. The van der Waals surface area contributed by atoms with Crippen molar-refractivity contribution in [1.82, 2.24) is 19.8 Å². The van der Waals surface area contributed by atoms with Gasteiger partial charge in [0.1, 0.15) is 11.5 Å². The highest BCUT2D eigenvalue weighted by atomic mass is 19.1. The van der Waals surface area contributed by atoms with Gasteiger partial charge in [-0.3, -0.25) is 14.7 Å². The van der Waals surface area contributed by atoms with E-state index >= 15 is 0 Å². The summed E-state index contributed by atoms with van der Waals surface area (Å²) >= 11 is 0. The van der Waals surface area contributed by atoms with Crippen LogP contribution in [0.2, 0.25) is 0 Å². The summed E-state index contributed by atoms with van der Waals surface area (Å²) in [6, 6.07) is 6.95. The van der Waals surface area contributed by atoms with Crippen LogP contribution in [0.4, 0.5) is 4.39 Å². The summed E-state index contributed by atoms with van der Waals surface area (Å²) in [7, 11) is 1.81. The van der Waals surface area contributed by atoms with E-state index in [1.54, 1.807) is 24.2 Å². The molecule has 0 aliphatic carbocycles. The van der Waals surface area contributed by atoms with Crippen LogP contribution >= 0.6 is 0 Å². The van der Waals surface area contributed by atoms with Crippen molar-refractivity contribution >= 4 is 5.91 Å². The molecule has 5 nitrogen and oxygen atoms in total. The second-order valence-corrected chi connectivity index (χ2v) is 6.58. The number of halogens is 1. The zero-order valence-electron chi connectivity index (χ0n) is 14.7. The zero-order valence-corrected chi connectivity index (χ0v) is 14.7. The van der Waals surface area contributed by atoms with E-state index in [1.807, 2.05) is 19.1 Å². The third-order valence-corrected chi connectivity index (χ3v) is 4.70. The molecule has 0 saturated carbocycles. The van der Waals surface area contributed by atoms with Gasteiger partial charge < -0.3 is 4.90 Å². The summed E-state index contributed by atoms with van der Waals surface area (Å²) in [5, 5.41) is 0. The highest BCUT2D eigenvalue weighted by Gasteiger charge is 2.27. The number of likely N-dealkylation sites (N-methyl/N-ethyl adjacent to an activating group) is 1. The van der Waals surface area contributed by atoms with Crippen molar-refractivity contribution < 1.29 is 9.18 Å². The molecule has 1 fully saturated rings. The van der Waals surface area contributed by atoms with Crippen molar-refractivity contribution in [2.75, 3.05) is 20.1 Å². The van der Waals surface area contributed by atoms with Gasteiger partial charge in [0.2, 0.25) is 0 Å². The van der Waals surface area contributed by atoms with Crippen molar-refractivity contribution in [2.24, 2.45) is 0 Å². The first-order valence-electron chi connectivity index (χ1n) is 8.56. The fourth-order valence-electron chi connectivity index (χ4n) is 3.21. The first-order chi connectivity index (χ1) is 12.0. The predicted molar refractivity (Wildman–Crippen MR) is 93.6 cm³/mol. The van der Waals surface area contributed by atoms with Crippen LogP contribution in [0.15, 0.2) is 36.7 Å². The average molecular weight is 342 g/mol.